The summed E-state index contributed by atoms with van der Waals surface area (Å²) in [5, 5.41) is 5.50. The van der Waals surface area contributed by atoms with Gasteiger partial charge in [0, 0.05) is 0 Å². The van der Waals surface area contributed by atoms with Crippen LogP contribution < -0.4 is 21.1 Å². The monoisotopic (exact) mass is 405 g/mol. The Morgan fingerprint density at radius 3 is 2.40 bits per heavy atom. The lowest BCUT2D eigenvalue weighted by Crippen LogP contribution is -2.50. The van der Waals surface area contributed by atoms with Gasteiger partial charge in [-0.3, -0.25) is 9.59 Å². The Hall–Kier alpha value is -3.71. The van der Waals surface area contributed by atoms with E-state index in [9.17, 15) is 14.0 Å². The van der Waals surface area contributed by atoms with E-state index in [1.54, 1.807) is 24.3 Å². The van der Waals surface area contributed by atoms with Crippen molar-refractivity contribution in [2.24, 2.45) is 5.73 Å². The van der Waals surface area contributed by atoms with Gasteiger partial charge < -0.3 is 21.1 Å². The van der Waals surface area contributed by atoms with E-state index in [0.717, 1.165) is 5.56 Å². The average molecular weight is 405 g/mol. The van der Waals surface area contributed by atoms with E-state index < -0.39 is 35.8 Å². The number of hydrogen-bond donors (Lipinski definition) is 3. The summed E-state index contributed by atoms with van der Waals surface area (Å²) in [5.74, 6) is -0.921. The molecule has 0 saturated carbocycles. The van der Waals surface area contributed by atoms with E-state index in [4.69, 9.17) is 10.5 Å². The maximum absolute atomic E-state index is 13.2. The second-order valence-corrected chi connectivity index (χ2v) is 6.95. The van der Waals surface area contributed by atoms with Gasteiger partial charge in [0.25, 0.3) is 5.91 Å². The van der Waals surface area contributed by atoms with E-state index in [2.05, 4.69) is 10.6 Å². The fourth-order valence-electron chi connectivity index (χ4n) is 3.33. The molecule has 3 atom stereocenters. The minimum atomic E-state index is -1.07. The Kier molecular flexibility index (Phi) is 5.45. The van der Waals surface area contributed by atoms with Crippen LogP contribution in [0, 0.1) is 5.82 Å². The third-order valence-electron chi connectivity index (χ3n) is 4.92. The second kappa shape index (κ2) is 8.34. The molecule has 1 unspecified atom stereocenters. The maximum atomic E-state index is 13.2. The number of para-hydroxylation sites is 2. The Balaban J connectivity index is 1.64. The minimum absolute atomic E-state index is 0.423. The molecule has 1 heterocycles. The number of halogens is 1. The number of nitrogens with two attached hydrogens (primary N) is 1. The topological polar surface area (TPSA) is 93.5 Å². The predicted molar refractivity (Wildman–Crippen MR) is 110 cm³/mol. The van der Waals surface area contributed by atoms with Gasteiger partial charge in [-0.25, -0.2) is 4.39 Å². The first kappa shape index (κ1) is 19.6. The molecule has 152 valence electrons. The Morgan fingerprint density at radius 1 is 1.00 bits per heavy atom. The van der Waals surface area contributed by atoms with Crippen molar-refractivity contribution >= 4 is 17.5 Å². The molecular formula is C23H20FN3O3. The summed E-state index contributed by atoms with van der Waals surface area (Å²) in [6, 6.07) is 19.5. The van der Waals surface area contributed by atoms with Gasteiger partial charge in [0.05, 0.1) is 5.69 Å². The van der Waals surface area contributed by atoms with Crippen molar-refractivity contribution in [2.45, 2.75) is 18.2 Å². The number of ether oxygens (including phenoxy) is 1. The molecule has 3 aromatic rings. The molecule has 0 spiro atoms. The summed E-state index contributed by atoms with van der Waals surface area (Å²) in [4.78, 5) is 25.8. The van der Waals surface area contributed by atoms with Gasteiger partial charge in [-0.15, -0.1) is 0 Å². The van der Waals surface area contributed by atoms with Crippen molar-refractivity contribution in [2.75, 3.05) is 5.32 Å². The van der Waals surface area contributed by atoms with Crippen LogP contribution in [-0.4, -0.2) is 17.9 Å². The number of benzene rings is 3. The molecule has 6 nitrogen and oxygen atoms in total. The molecule has 4 N–H and O–H groups in total. The highest BCUT2D eigenvalue weighted by Gasteiger charge is 2.37. The molecule has 1 aliphatic rings. The number of hydrogen-bond acceptors (Lipinski definition) is 4. The van der Waals surface area contributed by atoms with Crippen LogP contribution >= 0.6 is 0 Å². The summed E-state index contributed by atoms with van der Waals surface area (Å²) < 4.78 is 19.3. The maximum Gasteiger partial charge on any atom is 0.251 e. The Bertz CT molecular complexity index is 1060. The van der Waals surface area contributed by atoms with Crippen LogP contribution in [0.15, 0.2) is 78.9 Å². The van der Waals surface area contributed by atoms with E-state index in [1.807, 2.05) is 30.3 Å². The molecule has 1 aliphatic heterocycles. The van der Waals surface area contributed by atoms with Crippen molar-refractivity contribution in [1.82, 2.24) is 5.32 Å². The van der Waals surface area contributed by atoms with Gasteiger partial charge in [-0.05, 0) is 35.4 Å². The van der Waals surface area contributed by atoms with E-state index in [0.29, 0.717) is 17.0 Å². The average Bonchev–Trinajstić information content (AvgIpc) is 2.91. The van der Waals surface area contributed by atoms with Gasteiger partial charge >= 0.3 is 0 Å². The third kappa shape index (κ3) is 4.01. The van der Waals surface area contributed by atoms with Crippen LogP contribution in [0.4, 0.5) is 10.1 Å². The van der Waals surface area contributed by atoms with Crippen molar-refractivity contribution in [3.05, 3.63) is 95.8 Å². The van der Waals surface area contributed by atoms with E-state index in [-0.39, 0.29) is 0 Å². The quantitative estimate of drug-likeness (QED) is 0.622. The molecule has 3 aromatic carbocycles. The lowest BCUT2D eigenvalue weighted by Gasteiger charge is -2.26. The lowest BCUT2D eigenvalue weighted by atomic mass is 10.00. The molecular weight excluding hydrogens is 385 g/mol. The SMILES string of the molecule is N[C@H](C(=O)NC1C(=O)Nc2ccccc2O[C@H]1c1ccccc1)c1ccc(F)cc1. The Labute approximate surface area is 172 Å². The number of rotatable bonds is 4. The Morgan fingerprint density at radius 2 is 1.67 bits per heavy atom. The van der Waals surface area contributed by atoms with E-state index in [1.165, 1.54) is 24.3 Å². The molecule has 4 rings (SSSR count). The largest absolute Gasteiger partial charge is 0.481 e. The number of anilines is 1. The molecule has 0 fully saturated rings. The summed E-state index contributed by atoms with van der Waals surface area (Å²) in [5.41, 5.74) is 7.73. The smallest absolute Gasteiger partial charge is 0.251 e. The van der Waals surface area contributed by atoms with Crippen molar-refractivity contribution in [3.8, 4) is 5.75 Å². The van der Waals surface area contributed by atoms with Crippen molar-refractivity contribution < 1.29 is 18.7 Å². The minimum Gasteiger partial charge on any atom is -0.481 e. The van der Waals surface area contributed by atoms with Crippen molar-refractivity contribution in [3.63, 3.8) is 0 Å². The number of carbonyl (C=O) groups excluding carboxylic acids is 2. The number of carbonyl (C=O) groups is 2. The summed E-state index contributed by atoms with van der Waals surface area (Å²) in [7, 11) is 0. The zero-order valence-electron chi connectivity index (χ0n) is 15.9. The fraction of sp³-hybridized carbons (Fsp3) is 0.130. The number of amides is 2. The van der Waals surface area contributed by atoms with Crippen LogP contribution in [0.3, 0.4) is 0 Å². The summed E-state index contributed by atoms with van der Waals surface area (Å²) >= 11 is 0. The zero-order chi connectivity index (χ0) is 21.1. The van der Waals surface area contributed by atoms with Gasteiger partial charge in [0.2, 0.25) is 5.91 Å². The second-order valence-electron chi connectivity index (χ2n) is 6.95. The van der Waals surface area contributed by atoms with E-state index >= 15 is 0 Å². The summed E-state index contributed by atoms with van der Waals surface area (Å²) in [6.07, 6.45) is -0.765. The van der Waals surface area contributed by atoms with Gasteiger partial charge in [-0.1, -0.05) is 54.6 Å². The highest BCUT2D eigenvalue weighted by molar-refractivity contribution is 6.00. The molecule has 0 bridgehead atoms. The number of fused-ring (bicyclic) bond motifs is 1. The third-order valence-corrected chi connectivity index (χ3v) is 4.92. The molecule has 0 aromatic heterocycles. The predicted octanol–water partition coefficient (Wildman–Crippen LogP) is 3.08. The lowest BCUT2D eigenvalue weighted by molar-refractivity contribution is -0.129. The van der Waals surface area contributed by atoms with Crippen molar-refractivity contribution in [1.29, 1.82) is 0 Å². The van der Waals surface area contributed by atoms with Gasteiger partial charge in [0.1, 0.15) is 23.7 Å². The highest BCUT2D eigenvalue weighted by Crippen LogP contribution is 2.34. The van der Waals surface area contributed by atoms with Crippen LogP contribution in [0.25, 0.3) is 0 Å². The molecule has 2 amide bonds. The molecule has 30 heavy (non-hydrogen) atoms. The molecule has 0 saturated heterocycles. The zero-order valence-corrected chi connectivity index (χ0v) is 15.9. The molecule has 0 aliphatic carbocycles. The molecule has 0 radical (unpaired) electrons. The summed E-state index contributed by atoms with van der Waals surface area (Å²) in [6.45, 7) is 0. The van der Waals surface area contributed by atoms with Crippen LogP contribution in [0.5, 0.6) is 5.75 Å². The highest BCUT2D eigenvalue weighted by atomic mass is 19.1. The van der Waals surface area contributed by atoms with Gasteiger partial charge in [-0.2, -0.15) is 0 Å². The standard InChI is InChI=1S/C23H20FN3O3/c24-16-12-10-14(11-13-16)19(25)22(28)27-20-21(15-6-2-1-3-7-15)30-18-9-5-4-8-17(18)26-23(20)29/h1-13,19-21H,25H2,(H,26,29)(H,27,28)/t19-,20?,21-/m0/s1. The first-order valence-electron chi connectivity index (χ1n) is 9.46. The van der Waals surface area contributed by atoms with Crippen LogP contribution in [0.1, 0.15) is 23.3 Å². The van der Waals surface area contributed by atoms with Gasteiger partial charge in [0.15, 0.2) is 6.10 Å². The first-order valence-corrected chi connectivity index (χ1v) is 9.46. The number of nitrogens with one attached hydrogen (secondary N) is 2. The van der Waals surface area contributed by atoms with Crippen LogP contribution in [0.2, 0.25) is 0 Å². The molecule has 7 heteroatoms. The fourth-order valence-corrected chi connectivity index (χ4v) is 3.33. The van der Waals surface area contributed by atoms with Crippen LogP contribution in [-0.2, 0) is 9.59 Å². The first-order chi connectivity index (χ1) is 14.5. The normalized spacial score (nSPS) is 18.9.